The lowest BCUT2D eigenvalue weighted by atomic mass is 9.93. The first-order valence-corrected chi connectivity index (χ1v) is 21.2. The van der Waals surface area contributed by atoms with Gasteiger partial charge in [0.05, 0.1) is 28.2 Å². The van der Waals surface area contributed by atoms with Crippen molar-refractivity contribution in [2.24, 2.45) is 10.2 Å². The van der Waals surface area contributed by atoms with Crippen molar-refractivity contribution in [3.05, 3.63) is 82.9 Å². The third-order valence-electron chi connectivity index (χ3n) is 8.39. The SMILES string of the molecule is Nc1cc(S(=O)(=O)O)c(S(=O)(=O)O)c2c1C(=O)C(=NNc1ccc(-c3ccc(NN=C4C=Cc5c(S(=O)(=O)O)cc(S(=O)(=O)O)c(N)c5C4=O)c(O)c3)cc1O)C=C2. The number of aromatic hydroxyl groups is 2. The third kappa shape index (κ3) is 7.63. The monoisotopic (exact) mass is 876 g/mol. The summed E-state index contributed by atoms with van der Waals surface area (Å²) in [4.78, 5) is 21.8. The van der Waals surface area contributed by atoms with Gasteiger partial charge in [-0.1, -0.05) is 24.3 Å². The Morgan fingerprint density at radius 2 is 0.966 bits per heavy atom. The molecule has 0 fully saturated rings. The van der Waals surface area contributed by atoms with Crippen LogP contribution >= 0.6 is 0 Å². The van der Waals surface area contributed by atoms with E-state index in [9.17, 15) is 71.7 Å². The van der Waals surface area contributed by atoms with Gasteiger partial charge >= 0.3 is 0 Å². The first-order chi connectivity index (χ1) is 26.8. The Bertz CT molecular complexity index is 3140. The summed E-state index contributed by atoms with van der Waals surface area (Å²) in [6, 6.07) is 8.90. The Labute approximate surface area is 326 Å². The van der Waals surface area contributed by atoms with E-state index in [1.54, 1.807) is 0 Å². The number of nitrogens with two attached hydrogens (primary N) is 2. The number of hydrogen-bond acceptors (Lipinski definition) is 18. The van der Waals surface area contributed by atoms with Crippen LogP contribution in [0.1, 0.15) is 31.8 Å². The van der Waals surface area contributed by atoms with Crippen LogP contribution in [-0.2, 0) is 40.5 Å². The van der Waals surface area contributed by atoms with E-state index < -0.39 is 128 Å². The number of Topliss-reactive ketones (excluding diaryl/α,β-unsaturated/α-hetero) is 2. The fraction of sp³-hybridized carbons (Fsp3) is 0. The number of carbonyl (C=O) groups excluding carboxylic acids is 2. The summed E-state index contributed by atoms with van der Waals surface area (Å²) in [7, 11) is -20.8. The molecule has 58 heavy (non-hydrogen) atoms. The van der Waals surface area contributed by atoms with Gasteiger partial charge < -0.3 is 21.7 Å². The van der Waals surface area contributed by atoms with Gasteiger partial charge in [-0.2, -0.15) is 43.9 Å². The number of allylic oxidation sites excluding steroid dienone is 2. The second-order valence-corrected chi connectivity index (χ2v) is 17.6. The molecule has 0 amide bonds. The van der Waals surface area contributed by atoms with E-state index in [1.165, 1.54) is 36.4 Å². The van der Waals surface area contributed by atoms with Gasteiger partial charge in [-0.15, -0.1) is 0 Å². The topological polar surface area (TPSA) is 393 Å². The molecule has 0 radical (unpaired) electrons. The van der Waals surface area contributed by atoms with Crippen molar-refractivity contribution in [2.75, 3.05) is 22.3 Å². The van der Waals surface area contributed by atoms with E-state index in [0.29, 0.717) is 23.3 Å². The molecule has 4 aromatic rings. The van der Waals surface area contributed by atoms with Crippen LogP contribution in [0.25, 0.3) is 23.3 Å². The number of nitrogens with zero attached hydrogens (tertiary/aromatic N) is 2. The lowest BCUT2D eigenvalue weighted by Gasteiger charge is -2.18. The molecule has 0 bridgehead atoms. The summed E-state index contributed by atoms with van der Waals surface area (Å²) < 4.78 is 134. The van der Waals surface area contributed by atoms with Gasteiger partial charge in [0.1, 0.15) is 42.5 Å². The highest BCUT2D eigenvalue weighted by molar-refractivity contribution is 7.89. The van der Waals surface area contributed by atoms with Crippen LogP contribution in [-0.4, -0.2) is 85.1 Å². The molecule has 0 heterocycles. The van der Waals surface area contributed by atoms with Gasteiger partial charge in [-0.3, -0.25) is 38.7 Å². The summed E-state index contributed by atoms with van der Waals surface area (Å²) in [5.41, 5.74) is 12.4. The molecule has 26 heteroatoms. The maximum Gasteiger partial charge on any atom is 0.296 e. The standard InChI is InChI=1S/C32H24N6O16S4/c33-17-11-26(57(49,50)51)32(58(52,53)54)16-4-8-20(30(41)27(16)17)37-35-18-5-1-13(9-22(18)39)14-2-6-19(23(40)10-14)36-38-21-7-3-15-24(55(43,44)45)12-25(56(46,47)48)29(34)28(15)31(21)42/h1-12,35-36,39-40H,33-34H2,(H,43,44,45)(H,46,47,48)(H,49,50,51)(H,52,53,54). The predicted molar refractivity (Wildman–Crippen MR) is 205 cm³/mol. The molecule has 6 rings (SSSR count). The number of nitrogen functional groups attached to an aromatic ring is 2. The molecule has 0 spiro atoms. The molecular formula is C32H24N6O16S4. The van der Waals surface area contributed by atoms with Crippen molar-refractivity contribution in [2.45, 2.75) is 19.6 Å². The number of hydrazone groups is 2. The summed E-state index contributed by atoms with van der Waals surface area (Å²) >= 11 is 0. The van der Waals surface area contributed by atoms with E-state index in [1.807, 2.05) is 0 Å². The number of rotatable bonds is 9. The normalized spacial score (nSPS) is 15.7. The summed E-state index contributed by atoms with van der Waals surface area (Å²) in [6.07, 6.45) is 3.91. The van der Waals surface area contributed by atoms with Crippen molar-refractivity contribution in [1.29, 1.82) is 0 Å². The van der Waals surface area contributed by atoms with Crippen LogP contribution in [0.3, 0.4) is 0 Å². The number of ketones is 2. The molecule has 0 saturated heterocycles. The smallest absolute Gasteiger partial charge is 0.296 e. The van der Waals surface area contributed by atoms with E-state index in [4.69, 9.17) is 11.5 Å². The van der Waals surface area contributed by atoms with Gasteiger partial charge in [0.2, 0.25) is 11.6 Å². The van der Waals surface area contributed by atoms with E-state index in [2.05, 4.69) is 21.1 Å². The molecule has 4 aromatic carbocycles. The fourth-order valence-corrected chi connectivity index (χ4v) is 9.26. The Balaban J connectivity index is 1.22. The summed E-state index contributed by atoms with van der Waals surface area (Å²) in [6.45, 7) is 0. The quantitative estimate of drug-likeness (QED) is 0.0499. The molecule has 2 aliphatic rings. The third-order valence-corrected chi connectivity index (χ3v) is 12.1. The minimum Gasteiger partial charge on any atom is -0.506 e. The first-order valence-electron chi connectivity index (χ1n) is 15.4. The Kier molecular flexibility index (Phi) is 10.0. The Morgan fingerprint density at radius 1 is 0.517 bits per heavy atom. The zero-order chi connectivity index (χ0) is 42.9. The molecule has 0 saturated carbocycles. The number of phenolic OH excluding ortho intramolecular Hbond substituents is 2. The molecule has 0 unspecified atom stereocenters. The number of phenols is 2. The van der Waals surface area contributed by atoms with E-state index in [0.717, 1.165) is 24.3 Å². The van der Waals surface area contributed by atoms with Crippen molar-refractivity contribution in [3.63, 3.8) is 0 Å². The molecule has 302 valence electrons. The lowest BCUT2D eigenvalue weighted by Crippen LogP contribution is -2.23. The first kappa shape index (κ1) is 41.1. The van der Waals surface area contributed by atoms with E-state index >= 15 is 0 Å². The summed E-state index contributed by atoms with van der Waals surface area (Å²) in [5.74, 6) is -2.99. The molecular weight excluding hydrogens is 853 g/mol. The predicted octanol–water partition coefficient (Wildman–Crippen LogP) is 2.27. The van der Waals surface area contributed by atoms with Gasteiger partial charge in [0.25, 0.3) is 40.5 Å². The molecule has 22 nitrogen and oxygen atoms in total. The second-order valence-electron chi connectivity index (χ2n) is 12.1. The molecule has 12 N–H and O–H groups in total. The number of anilines is 4. The van der Waals surface area contributed by atoms with Crippen LogP contribution in [0.2, 0.25) is 0 Å². The number of carbonyl (C=O) groups is 2. The van der Waals surface area contributed by atoms with Crippen LogP contribution < -0.4 is 22.3 Å². The van der Waals surface area contributed by atoms with Crippen LogP contribution in [0.5, 0.6) is 11.5 Å². The van der Waals surface area contributed by atoms with Crippen molar-refractivity contribution >= 4 is 98.4 Å². The average molecular weight is 877 g/mol. The number of hydrogen-bond donors (Lipinski definition) is 10. The summed E-state index contributed by atoms with van der Waals surface area (Å²) in [5, 5.41) is 29.2. The van der Waals surface area contributed by atoms with Gasteiger partial charge in [0, 0.05) is 16.8 Å². The van der Waals surface area contributed by atoms with Crippen molar-refractivity contribution in [3.8, 4) is 22.6 Å². The largest absolute Gasteiger partial charge is 0.506 e. The van der Waals surface area contributed by atoms with Gasteiger partial charge in [0.15, 0.2) is 0 Å². The Morgan fingerprint density at radius 3 is 1.40 bits per heavy atom. The average Bonchev–Trinajstić information content (AvgIpc) is 3.09. The molecule has 0 atom stereocenters. The number of nitrogens with one attached hydrogen (secondary N) is 2. The minimum atomic E-state index is -5.31. The maximum absolute atomic E-state index is 13.3. The number of benzene rings is 4. The Hall–Kier alpha value is -6.52. The zero-order valence-electron chi connectivity index (χ0n) is 28.4. The highest BCUT2D eigenvalue weighted by Crippen LogP contribution is 2.38. The second kappa shape index (κ2) is 14.1. The van der Waals surface area contributed by atoms with Crippen molar-refractivity contribution in [1.82, 2.24) is 0 Å². The molecule has 2 aliphatic carbocycles. The molecule has 0 aromatic heterocycles. The van der Waals surface area contributed by atoms with Gasteiger partial charge in [-0.05, 0) is 59.7 Å². The molecule has 0 aliphatic heterocycles. The van der Waals surface area contributed by atoms with Crippen LogP contribution in [0.15, 0.2) is 90.5 Å². The zero-order valence-corrected chi connectivity index (χ0v) is 31.6. The van der Waals surface area contributed by atoms with Crippen LogP contribution in [0.4, 0.5) is 22.7 Å². The maximum atomic E-state index is 13.3. The van der Waals surface area contributed by atoms with Gasteiger partial charge in [-0.25, -0.2) is 0 Å². The minimum absolute atomic E-state index is 0.0604. The highest BCUT2D eigenvalue weighted by atomic mass is 32.2. The highest BCUT2D eigenvalue weighted by Gasteiger charge is 2.35. The van der Waals surface area contributed by atoms with Crippen LogP contribution in [0, 0.1) is 0 Å². The lowest BCUT2D eigenvalue weighted by molar-refractivity contribution is 0.105. The fourth-order valence-electron chi connectivity index (χ4n) is 5.81. The van der Waals surface area contributed by atoms with Crippen molar-refractivity contribution < 1.29 is 71.7 Å². The van der Waals surface area contributed by atoms with E-state index in [-0.39, 0.29) is 11.4 Å². The number of fused-ring (bicyclic) bond motifs is 2.